The normalized spacial score (nSPS) is 12.8. The number of hydrogen-bond acceptors (Lipinski definition) is 4. The first kappa shape index (κ1) is 12.7. The Kier molecular flexibility index (Phi) is 3.31. The van der Waals surface area contributed by atoms with Gasteiger partial charge in [0, 0.05) is 14.3 Å². The molecule has 2 N–H and O–H groups in total. The zero-order valence-electron chi connectivity index (χ0n) is 10.8. The van der Waals surface area contributed by atoms with Crippen molar-refractivity contribution >= 4 is 32.1 Å². The number of aryl methyl sites for hydroxylation is 1. The molecule has 98 valence electrons. The van der Waals surface area contributed by atoms with E-state index in [2.05, 4.69) is 23.6 Å². The summed E-state index contributed by atoms with van der Waals surface area (Å²) in [5.41, 5.74) is 8.62. The molecule has 0 fully saturated rings. The highest BCUT2D eigenvalue weighted by Crippen LogP contribution is 2.35. The van der Waals surface area contributed by atoms with Crippen LogP contribution in [-0.4, -0.2) is 7.11 Å². The second kappa shape index (κ2) is 4.96. The van der Waals surface area contributed by atoms with Gasteiger partial charge >= 0.3 is 0 Å². The van der Waals surface area contributed by atoms with Crippen molar-refractivity contribution in [2.24, 2.45) is 5.73 Å². The third-order valence-corrected chi connectivity index (χ3v) is 5.42. The van der Waals surface area contributed by atoms with Crippen molar-refractivity contribution in [3.63, 3.8) is 0 Å². The summed E-state index contributed by atoms with van der Waals surface area (Å²) in [5, 5.41) is 2.12. The average Bonchev–Trinajstić information content (AvgIpc) is 2.98. The van der Waals surface area contributed by atoms with Gasteiger partial charge in [-0.1, -0.05) is 12.1 Å². The molecule has 1 aromatic carbocycles. The maximum atomic E-state index is 6.37. The van der Waals surface area contributed by atoms with Gasteiger partial charge in [0.15, 0.2) is 0 Å². The molecule has 0 saturated heterocycles. The molecular weight excluding hydrogens is 274 g/mol. The Hall–Kier alpha value is -1.36. The molecule has 2 heterocycles. The Labute approximate surface area is 120 Å². The third kappa shape index (κ3) is 2.27. The number of hydrogen-bond donors (Lipinski definition) is 1. The smallest absolute Gasteiger partial charge is 0.121 e. The fraction of sp³-hybridized carbons (Fsp3) is 0.200. The van der Waals surface area contributed by atoms with Crippen LogP contribution in [0, 0.1) is 6.92 Å². The van der Waals surface area contributed by atoms with Crippen molar-refractivity contribution in [3.05, 3.63) is 51.7 Å². The van der Waals surface area contributed by atoms with E-state index in [1.54, 1.807) is 29.8 Å². The molecule has 0 amide bonds. The Bertz CT molecular complexity index is 685. The van der Waals surface area contributed by atoms with E-state index in [9.17, 15) is 0 Å². The SMILES string of the molecule is COc1ccc(C(N)c2cc3sccc3s2)cc1C. The standard InChI is InChI=1S/C15H15NOS2/c1-9-7-10(3-4-11(9)17-2)15(16)14-8-13-12(19-14)5-6-18-13/h3-8,15H,16H2,1-2H3. The molecule has 0 aliphatic rings. The summed E-state index contributed by atoms with van der Waals surface area (Å²) in [6.45, 7) is 2.04. The van der Waals surface area contributed by atoms with Crippen molar-refractivity contribution in [2.75, 3.05) is 7.11 Å². The predicted molar refractivity (Wildman–Crippen MR) is 83.5 cm³/mol. The fourth-order valence-corrected chi connectivity index (χ4v) is 4.35. The van der Waals surface area contributed by atoms with Crippen LogP contribution in [0.1, 0.15) is 22.0 Å². The summed E-state index contributed by atoms with van der Waals surface area (Å²) in [4.78, 5) is 1.21. The van der Waals surface area contributed by atoms with Gasteiger partial charge in [0.05, 0.1) is 13.2 Å². The van der Waals surface area contributed by atoms with Gasteiger partial charge in [0.25, 0.3) is 0 Å². The maximum absolute atomic E-state index is 6.37. The quantitative estimate of drug-likeness (QED) is 0.779. The van der Waals surface area contributed by atoms with Gasteiger partial charge in [-0.25, -0.2) is 0 Å². The van der Waals surface area contributed by atoms with E-state index >= 15 is 0 Å². The molecule has 2 aromatic heterocycles. The van der Waals surface area contributed by atoms with Crippen LogP contribution in [0.25, 0.3) is 9.40 Å². The van der Waals surface area contributed by atoms with Crippen molar-refractivity contribution in [2.45, 2.75) is 13.0 Å². The summed E-state index contributed by atoms with van der Waals surface area (Å²) in [7, 11) is 1.69. The first-order valence-electron chi connectivity index (χ1n) is 6.06. The number of benzene rings is 1. The molecule has 0 bridgehead atoms. The fourth-order valence-electron chi connectivity index (χ4n) is 2.20. The van der Waals surface area contributed by atoms with Crippen LogP contribution >= 0.6 is 22.7 Å². The molecule has 19 heavy (non-hydrogen) atoms. The van der Waals surface area contributed by atoms with Gasteiger partial charge in [-0.05, 0) is 41.6 Å². The zero-order valence-corrected chi connectivity index (χ0v) is 12.5. The van der Waals surface area contributed by atoms with Crippen molar-refractivity contribution in [3.8, 4) is 5.75 Å². The first-order chi connectivity index (χ1) is 9.19. The van der Waals surface area contributed by atoms with Crippen LogP contribution in [0.15, 0.2) is 35.7 Å². The largest absolute Gasteiger partial charge is 0.496 e. The molecule has 1 unspecified atom stereocenters. The summed E-state index contributed by atoms with van der Waals surface area (Å²) in [5.74, 6) is 0.906. The summed E-state index contributed by atoms with van der Waals surface area (Å²) in [6.07, 6.45) is 0. The molecule has 4 heteroatoms. The van der Waals surface area contributed by atoms with E-state index in [1.165, 1.54) is 14.3 Å². The molecule has 3 aromatic rings. The lowest BCUT2D eigenvalue weighted by Gasteiger charge is -2.12. The summed E-state index contributed by atoms with van der Waals surface area (Å²) >= 11 is 3.54. The van der Waals surface area contributed by atoms with Gasteiger partial charge in [-0.3, -0.25) is 0 Å². The van der Waals surface area contributed by atoms with E-state index in [0.29, 0.717) is 0 Å². The lowest BCUT2D eigenvalue weighted by Crippen LogP contribution is -2.10. The van der Waals surface area contributed by atoms with Gasteiger partial charge in [-0.2, -0.15) is 0 Å². The second-order valence-corrected chi connectivity index (χ2v) is 6.57. The Morgan fingerprint density at radius 2 is 2.00 bits per heavy atom. The van der Waals surface area contributed by atoms with Crippen LogP contribution in [0.3, 0.4) is 0 Å². The molecular formula is C15H15NOS2. The number of fused-ring (bicyclic) bond motifs is 1. The molecule has 3 rings (SSSR count). The number of methoxy groups -OCH3 is 1. The number of thiophene rings is 2. The van der Waals surface area contributed by atoms with Gasteiger partial charge in [0.2, 0.25) is 0 Å². The monoisotopic (exact) mass is 289 g/mol. The highest BCUT2D eigenvalue weighted by molar-refractivity contribution is 7.27. The molecule has 0 spiro atoms. The first-order valence-corrected chi connectivity index (χ1v) is 7.75. The van der Waals surface area contributed by atoms with Gasteiger partial charge in [0.1, 0.15) is 5.75 Å². The van der Waals surface area contributed by atoms with E-state index in [1.807, 2.05) is 19.1 Å². The van der Waals surface area contributed by atoms with Crippen LogP contribution in [0.4, 0.5) is 0 Å². The van der Waals surface area contributed by atoms with Gasteiger partial charge in [-0.15, -0.1) is 22.7 Å². The van der Waals surface area contributed by atoms with E-state index in [-0.39, 0.29) is 6.04 Å². The van der Waals surface area contributed by atoms with Crippen LogP contribution in [-0.2, 0) is 0 Å². The molecule has 1 atom stereocenters. The van der Waals surface area contributed by atoms with Crippen molar-refractivity contribution in [1.29, 1.82) is 0 Å². The summed E-state index contributed by atoms with van der Waals surface area (Å²) < 4.78 is 7.92. The number of ether oxygens (including phenoxy) is 1. The molecule has 0 aliphatic heterocycles. The van der Waals surface area contributed by atoms with Crippen molar-refractivity contribution < 1.29 is 4.74 Å². The van der Waals surface area contributed by atoms with Crippen molar-refractivity contribution in [1.82, 2.24) is 0 Å². The van der Waals surface area contributed by atoms with Gasteiger partial charge < -0.3 is 10.5 Å². The minimum Gasteiger partial charge on any atom is -0.496 e. The Morgan fingerprint density at radius 3 is 2.68 bits per heavy atom. The third-order valence-electron chi connectivity index (χ3n) is 3.24. The summed E-state index contributed by atoms with van der Waals surface area (Å²) in [6, 6.07) is 10.4. The number of nitrogens with two attached hydrogens (primary N) is 1. The van der Waals surface area contributed by atoms with Crippen LogP contribution < -0.4 is 10.5 Å². The minimum absolute atomic E-state index is 0.0609. The molecule has 0 radical (unpaired) electrons. The van der Waals surface area contributed by atoms with E-state index < -0.39 is 0 Å². The minimum atomic E-state index is -0.0609. The zero-order chi connectivity index (χ0) is 13.4. The maximum Gasteiger partial charge on any atom is 0.121 e. The van der Waals surface area contributed by atoms with E-state index in [4.69, 9.17) is 10.5 Å². The van der Waals surface area contributed by atoms with E-state index in [0.717, 1.165) is 16.9 Å². The number of rotatable bonds is 3. The Morgan fingerprint density at radius 1 is 1.16 bits per heavy atom. The predicted octanol–water partition coefficient (Wildman–Crippen LogP) is 4.33. The second-order valence-electron chi connectivity index (χ2n) is 4.50. The Balaban J connectivity index is 1.96. The average molecular weight is 289 g/mol. The lowest BCUT2D eigenvalue weighted by atomic mass is 10.0. The molecule has 0 aliphatic carbocycles. The topological polar surface area (TPSA) is 35.2 Å². The highest BCUT2D eigenvalue weighted by atomic mass is 32.1. The molecule has 2 nitrogen and oxygen atoms in total. The lowest BCUT2D eigenvalue weighted by molar-refractivity contribution is 0.411. The highest BCUT2D eigenvalue weighted by Gasteiger charge is 2.14. The van der Waals surface area contributed by atoms with Crippen LogP contribution in [0.5, 0.6) is 5.75 Å². The van der Waals surface area contributed by atoms with Crippen LogP contribution in [0.2, 0.25) is 0 Å². The molecule has 0 saturated carbocycles.